The van der Waals surface area contributed by atoms with E-state index in [2.05, 4.69) is 9.68 Å². The molecular weight excluding hydrogens is 224 g/mol. The predicted molar refractivity (Wildman–Crippen MR) is 57.4 cm³/mol. The first-order valence-corrected chi connectivity index (χ1v) is 5.61. The molecule has 1 amide bonds. The fourth-order valence-electron chi connectivity index (χ4n) is 2.20. The first-order chi connectivity index (χ1) is 8.18. The van der Waals surface area contributed by atoms with Gasteiger partial charge >= 0.3 is 5.97 Å². The second kappa shape index (κ2) is 4.99. The van der Waals surface area contributed by atoms with Gasteiger partial charge in [0.15, 0.2) is 5.69 Å². The van der Waals surface area contributed by atoms with E-state index in [0.717, 1.165) is 25.7 Å². The molecule has 1 N–H and O–H groups in total. The highest BCUT2D eigenvalue weighted by molar-refractivity contribution is 5.94. The summed E-state index contributed by atoms with van der Waals surface area (Å²) in [6.07, 6.45) is 5.09. The van der Waals surface area contributed by atoms with Gasteiger partial charge in [-0.3, -0.25) is 9.59 Å². The molecule has 1 heterocycles. The molecule has 0 bridgehead atoms. The molecule has 17 heavy (non-hydrogen) atoms. The summed E-state index contributed by atoms with van der Waals surface area (Å²) in [5.41, 5.74) is 0.165. The Labute approximate surface area is 98.2 Å². The average molecular weight is 238 g/mol. The van der Waals surface area contributed by atoms with Crippen molar-refractivity contribution in [1.29, 1.82) is 0 Å². The average Bonchev–Trinajstić information content (AvgIpc) is 2.96. The lowest BCUT2D eigenvalue weighted by molar-refractivity contribution is -0.138. The van der Waals surface area contributed by atoms with Crippen molar-refractivity contribution in [3.8, 4) is 0 Å². The number of amides is 1. The van der Waals surface area contributed by atoms with Gasteiger partial charge in [-0.2, -0.15) is 0 Å². The van der Waals surface area contributed by atoms with Crippen LogP contribution in [0.15, 0.2) is 16.9 Å². The van der Waals surface area contributed by atoms with E-state index < -0.39 is 5.97 Å². The van der Waals surface area contributed by atoms with Crippen molar-refractivity contribution < 1.29 is 19.2 Å². The second-order valence-corrected chi connectivity index (χ2v) is 4.15. The van der Waals surface area contributed by atoms with Crippen LogP contribution in [0.25, 0.3) is 0 Å². The molecule has 2 rings (SSSR count). The Hall–Kier alpha value is -1.85. The second-order valence-electron chi connectivity index (χ2n) is 4.15. The zero-order valence-electron chi connectivity index (χ0n) is 9.33. The quantitative estimate of drug-likeness (QED) is 0.850. The molecule has 6 heteroatoms. The molecule has 1 aliphatic carbocycles. The van der Waals surface area contributed by atoms with E-state index in [1.807, 2.05) is 0 Å². The van der Waals surface area contributed by atoms with Crippen LogP contribution in [-0.2, 0) is 4.79 Å². The highest BCUT2D eigenvalue weighted by Crippen LogP contribution is 2.24. The molecule has 1 aliphatic rings. The minimum absolute atomic E-state index is 0.00954. The number of carboxylic acid groups (broad SMARTS) is 1. The first kappa shape index (κ1) is 11.6. The van der Waals surface area contributed by atoms with Gasteiger partial charge in [-0.05, 0) is 12.8 Å². The Morgan fingerprint density at radius 2 is 2.18 bits per heavy atom. The Bertz CT molecular complexity index is 396. The lowest BCUT2D eigenvalue weighted by Crippen LogP contribution is -2.42. The van der Waals surface area contributed by atoms with Crippen molar-refractivity contribution in [3.05, 3.63) is 18.0 Å². The van der Waals surface area contributed by atoms with E-state index in [1.54, 1.807) is 0 Å². The van der Waals surface area contributed by atoms with Gasteiger partial charge in [-0.15, -0.1) is 0 Å². The number of aromatic nitrogens is 1. The Kier molecular flexibility index (Phi) is 3.41. The van der Waals surface area contributed by atoms with Gasteiger partial charge in [0, 0.05) is 12.1 Å². The van der Waals surface area contributed by atoms with Gasteiger partial charge in [0.05, 0.1) is 0 Å². The Balaban J connectivity index is 2.14. The summed E-state index contributed by atoms with van der Waals surface area (Å²) in [6, 6.07) is 1.46. The largest absolute Gasteiger partial charge is 0.480 e. The van der Waals surface area contributed by atoms with Crippen LogP contribution in [0.3, 0.4) is 0 Å². The molecule has 0 spiro atoms. The summed E-state index contributed by atoms with van der Waals surface area (Å²) in [6.45, 7) is -0.281. The maximum absolute atomic E-state index is 12.1. The van der Waals surface area contributed by atoms with Crippen molar-refractivity contribution in [2.75, 3.05) is 6.54 Å². The minimum atomic E-state index is -1.01. The lowest BCUT2D eigenvalue weighted by atomic mass is 10.2. The SMILES string of the molecule is O=C(O)CN(C(=O)c1ccon1)C1CCCC1. The molecular formula is C11H14N2O4. The normalized spacial score (nSPS) is 16.0. The summed E-state index contributed by atoms with van der Waals surface area (Å²) in [5, 5.41) is 12.4. The van der Waals surface area contributed by atoms with Crippen molar-refractivity contribution >= 4 is 11.9 Å². The highest BCUT2D eigenvalue weighted by Gasteiger charge is 2.30. The monoisotopic (exact) mass is 238 g/mol. The fourth-order valence-corrected chi connectivity index (χ4v) is 2.20. The molecule has 92 valence electrons. The molecule has 1 aromatic heterocycles. The van der Waals surface area contributed by atoms with Crippen molar-refractivity contribution in [1.82, 2.24) is 10.1 Å². The third kappa shape index (κ3) is 2.64. The van der Waals surface area contributed by atoms with Crippen molar-refractivity contribution in [2.45, 2.75) is 31.7 Å². The highest BCUT2D eigenvalue weighted by atomic mass is 16.5. The number of rotatable bonds is 4. The van der Waals surface area contributed by atoms with Gasteiger partial charge < -0.3 is 14.5 Å². The summed E-state index contributed by atoms with van der Waals surface area (Å²) >= 11 is 0. The van der Waals surface area contributed by atoms with Crippen LogP contribution < -0.4 is 0 Å². The van der Waals surface area contributed by atoms with E-state index in [-0.39, 0.29) is 24.2 Å². The molecule has 1 fully saturated rings. The molecule has 1 saturated carbocycles. The fraction of sp³-hybridized carbons (Fsp3) is 0.545. The summed E-state index contributed by atoms with van der Waals surface area (Å²) in [7, 11) is 0. The maximum Gasteiger partial charge on any atom is 0.323 e. The summed E-state index contributed by atoms with van der Waals surface area (Å²) < 4.78 is 4.61. The molecule has 0 radical (unpaired) electrons. The smallest absolute Gasteiger partial charge is 0.323 e. The number of hydrogen-bond donors (Lipinski definition) is 1. The Morgan fingerprint density at radius 1 is 1.47 bits per heavy atom. The third-order valence-corrected chi connectivity index (χ3v) is 2.99. The molecule has 6 nitrogen and oxygen atoms in total. The molecule has 0 atom stereocenters. The standard InChI is InChI=1S/C11H14N2O4/c14-10(15)7-13(8-3-1-2-4-8)11(16)9-5-6-17-12-9/h5-6,8H,1-4,7H2,(H,14,15). The number of aliphatic carboxylic acids is 1. The van der Waals surface area contributed by atoms with Gasteiger partial charge in [0.1, 0.15) is 12.8 Å². The first-order valence-electron chi connectivity index (χ1n) is 5.61. The zero-order valence-corrected chi connectivity index (χ0v) is 9.33. The van der Waals surface area contributed by atoms with Crippen LogP contribution >= 0.6 is 0 Å². The number of carboxylic acids is 1. The molecule has 1 aromatic rings. The molecule has 0 saturated heterocycles. The van der Waals surface area contributed by atoms with Crippen LogP contribution in [0.4, 0.5) is 0 Å². The van der Waals surface area contributed by atoms with Crippen LogP contribution in [0.5, 0.6) is 0 Å². The van der Waals surface area contributed by atoms with Gasteiger partial charge in [0.25, 0.3) is 5.91 Å². The predicted octanol–water partition coefficient (Wildman–Crippen LogP) is 1.14. The van der Waals surface area contributed by atoms with Crippen LogP contribution in [-0.4, -0.2) is 39.6 Å². The molecule has 0 unspecified atom stereocenters. The summed E-state index contributed by atoms with van der Waals surface area (Å²) in [5.74, 6) is -1.37. The topological polar surface area (TPSA) is 83.6 Å². The Morgan fingerprint density at radius 3 is 2.71 bits per heavy atom. The molecule has 0 aliphatic heterocycles. The van der Waals surface area contributed by atoms with Crippen LogP contribution in [0.1, 0.15) is 36.2 Å². The van der Waals surface area contributed by atoms with E-state index >= 15 is 0 Å². The van der Waals surface area contributed by atoms with E-state index in [9.17, 15) is 9.59 Å². The molecule has 0 aromatic carbocycles. The van der Waals surface area contributed by atoms with Gasteiger partial charge in [-0.1, -0.05) is 18.0 Å². The van der Waals surface area contributed by atoms with Crippen molar-refractivity contribution in [2.24, 2.45) is 0 Å². The number of nitrogens with zero attached hydrogens (tertiary/aromatic N) is 2. The van der Waals surface area contributed by atoms with Gasteiger partial charge in [-0.25, -0.2) is 0 Å². The maximum atomic E-state index is 12.1. The van der Waals surface area contributed by atoms with Gasteiger partial charge in [0.2, 0.25) is 0 Å². The number of carbonyl (C=O) groups excluding carboxylic acids is 1. The van der Waals surface area contributed by atoms with Crippen molar-refractivity contribution in [3.63, 3.8) is 0 Å². The summed E-state index contributed by atoms with van der Waals surface area (Å²) in [4.78, 5) is 24.3. The van der Waals surface area contributed by atoms with Crippen LogP contribution in [0.2, 0.25) is 0 Å². The lowest BCUT2D eigenvalue weighted by Gasteiger charge is -2.26. The zero-order chi connectivity index (χ0) is 12.3. The number of carbonyl (C=O) groups is 2. The number of hydrogen-bond acceptors (Lipinski definition) is 4. The van der Waals surface area contributed by atoms with E-state index in [4.69, 9.17) is 5.11 Å². The van der Waals surface area contributed by atoms with E-state index in [0.29, 0.717) is 0 Å². The third-order valence-electron chi connectivity index (χ3n) is 2.99. The minimum Gasteiger partial charge on any atom is -0.480 e. The van der Waals surface area contributed by atoms with E-state index in [1.165, 1.54) is 17.2 Å². The van der Waals surface area contributed by atoms with Crippen LogP contribution in [0, 0.1) is 0 Å².